The highest BCUT2D eigenvalue weighted by molar-refractivity contribution is 7.80. The van der Waals surface area contributed by atoms with Crippen LogP contribution in [0, 0.1) is 0 Å². The van der Waals surface area contributed by atoms with Gasteiger partial charge < -0.3 is 22.9 Å². The maximum atomic E-state index is 5.71. The molecule has 0 spiro atoms. The molecule has 7 heteroatoms. The molecule has 0 saturated carbocycles. The molecular weight excluding hydrogens is 270 g/mol. The van der Waals surface area contributed by atoms with Crippen LogP contribution in [0.15, 0.2) is 0 Å². The number of ether oxygens (including phenoxy) is 1. The monoisotopic (exact) mass is 295 g/mol. The molecule has 0 aliphatic carbocycles. The zero-order valence-corrected chi connectivity index (χ0v) is 13.8. The molecule has 0 radical (unpaired) electrons. The van der Waals surface area contributed by atoms with E-state index in [1.165, 1.54) is 0 Å². The maximum Gasteiger partial charge on any atom is 0.504 e. The van der Waals surface area contributed by atoms with Crippen molar-refractivity contribution >= 4 is 26.2 Å². The summed E-state index contributed by atoms with van der Waals surface area (Å²) in [5, 5.41) is 0.461. The van der Waals surface area contributed by atoms with Crippen LogP contribution in [-0.4, -0.2) is 59.4 Å². The molecule has 0 aromatic heterocycles. The first kappa shape index (κ1) is 17.8. The molecule has 0 unspecified atom stereocenters. The summed E-state index contributed by atoms with van der Waals surface area (Å²) in [5.74, 6) is 0. The van der Waals surface area contributed by atoms with Gasteiger partial charge in [0.2, 0.25) is 0 Å². The first-order chi connectivity index (χ1) is 8.51. The predicted octanol–water partition coefficient (Wildman–Crippen LogP) is 1.90. The van der Waals surface area contributed by atoms with Gasteiger partial charge >= 0.3 is 8.80 Å². The van der Waals surface area contributed by atoms with Gasteiger partial charge in [-0.1, -0.05) is 0 Å². The van der Waals surface area contributed by atoms with Gasteiger partial charge in [0.15, 0.2) is 0 Å². The molecule has 0 aliphatic heterocycles. The zero-order chi connectivity index (χ0) is 14.0. The molecule has 0 atom stereocenters. The van der Waals surface area contributed by atoms with E-state index in [0.29, 0.717) is 37.6 Å². The third-order valence-electron chi connectivity index (χ3n) is 2.09. The normalized spacial score (nSPS) is 11.4. The van der Waals surface area contributed by atoms with Crippen molar-refractivity contribution in [3.8, 4) is 0 Å². The van der Waals surface area contributed by atoms with Crippen LogP contribution in [0.1, 0.15) is 20.8 Å². The topological polar surface area (TPSA) is 40.2 Å². The van der Waals surface area contributed by atoms with Crippen molar-refractivity contribution < 1.29 is 18.0 Å². The fourth-order valence-electron chi connectivity index (χ4n) is 1.39. The van der Waals surface area contributed by atoms with Crippen molar-refractivity contribution in [3.05, 3.63) is 0 Å². The number of nitrogens with zero attached hydrogens (tertiary/aromatic N) is 1. The fraction of sp³-hybridized carbons (Fsp3) is 0.909. The Bertz CT molecular complexity index is 224. The molecule has 0 saturated heterocycles. The highest BCUT2D eigenvalue weighted by Crippen LogP contribution is 2.16. The third-order valence-corrected chi connectivity index (χ3v) is 5.58. The lowest BCUT2D eigenvalue weighted by Gasteiger charge is -2.28. The van der Waals surface area contributed by atoms with Gasteiger partial charge in [-0.25, -0.2) is 0 Å². The summed E-state index contributed by atoms with van der Waals surface area (Å²) in [6.45, 7) is 7.98. The highest BCUT2D eigenvalue weighted by Gasteiger charge is 2.40. The second-order valence-corrected chi connectivity index (χ2v) is 6.82. The van der Waals surface area contributed by atoms with E-state index in [1.807, 2.05) is 34.9 Å². The molecule has 0 rings (SSSR count). The Kier molecular flexibility index (Phi) is 9.57. The van der Waals surface area contributed by atoms with Crippen LogP contribution in [0.2, 0.25) is 6.04 Å². The Balaban J connectivity index is 4.33. The summed E-state index contributed by atoms with van der Waals surface area (Å²) in [6.07, 6.45) is 0. The summed E-state index contributed by atoms with van der Waals surface area (Å²) >= 11 is 5.06. The number of hydrogen-bond donors (Lipinski definition) is 0. The molecule has 5 nitrogen and oxygen atoms in total. The van der Waals surface area contributed by atoms with Crippen molar-refractivity contribution in [1.82, 2.24) is 4.90 Å². The summed E-state index contributed by atoms with van der Waals surface area (Å²) in [7, 11) is 1.10. The highest BCUT2D eigenvalue weighted by atomic mass is 32.1. The molecule has 0 amide bonds. The van der Waals surface area contributed by atoms with Gasteiger partial charge in [-0.15, -0.1) is 0 Å². The van der Waals surface area contributed by atoms with E-state index in [-0.39, 0.29) is 0 Å². The molecule has 0 aromatic carbocycles. The van der Waals surface area contributed by atoms with Crippen molar-refractivity contribution in [2.45, 2.75) is 26.8 Å². The largest absolute Gasteiger partial charge is 0.504 e. The van der Waals surface area contributed by atoms with Gasteiger partial charge in [0.1, 0.15) is 0 Å². The third kappa shape index (κ3) is 6.65. The maximum absolute atomic E-state index is 5.71. The Morgan fingerprint density at radius 3 is 1.78 bits per heavy atom. The van der Waals surface area contributed by atoms with Gasteiger partial charge in [0.05, 0.1) is 12.7 Å². The van der Waals surface area contributed by atoms with E-state index >= 15 is 0 Å². The molecule has 0 N–H and O–H groups in total. The molecule has 0 aromatic rings. The van der Waals surface area contributed by atoms with Gasteiger partial charge in [-0.2, -0.15) is 0 Å². The van der Waals surface area contributed by atoms with Crippen LogP contribution in [0.3, 0.4) is 0 Å². The Hall–Kier alpha value is -0.213. The molecule has 18 heavy (non-hydrogen) atoms. The van der Waals surface area contributed by atoms with Crippen LogP contribution >= 0.6 is 12.2 Å². The Morgan fingerprint density at radius 1 is 1.00 bits per heavy atom. The summed E-state index contributed by atoms with van der Waals surface area (Å²) in [4.78, 5) is 1.75. The lowest BCUT2D eigenvalue weighted by Crippen LogP contribution is -2.47. The standard InChI is InChI=1S/C11H25NO4SSi/c1-6-14-18(15-7-2,16-8-3)10-9-13-11(17)12(4)5/h6-10H2,1-5H3. The second kappa shape index (κ2) is 9.68. The quantitative estimate of drug-likeness (QED) is 0.478. The minimum atomic E-state index is -2.60. The van der Waals surface area contributed by atoms with Crippen molar-refractivity contribution in [1.29, 1.82) is 0 Å². The van der Waals surface area contributed by atoms with E-state index < -0.39 is 8.80 Å². The average Bonchev–Trinajstić information content (AvgIpc) is 2.29. The van der Waals surface area contributed by atoms with E-state index in [1.54, 1.807) is 4.90 Å². The predicted molar refractivity (Wildman–Crippen MR) is 77.7 cm³/mol. The van der Waals surface area contributed by atoms with Crippen LogP contribution < -0.4 is 0 Å². The van der Waals surface area contributed by atoms with Gasteiger partial charge in [-0.3, -0.25) is 0 Å². The Labute approximate surface area is 117 Å². The molecule has 108 valence electrons. The average molecular weight is 295 g/mol. The van der Waals surface area contributed by atoms with Crippen LogP contribution in [0.25, 0.3) is 0 Å². The molecular formula is C11H25NO4SSi. The first-order valence-electron chi connectivity index (χ1n) is 6.27. The van der Waals surface area contributed by atoms with E-state index in [0.717, 1.165) is 0 Å². The van der Waals surface area contributed by atoms with Gasteiger partial charge in [-0.05, 0) is 33.0 Å². The minimum absolute atomic E-state index is 0.448. The molecule has 0 fully saturated rings. The molecule has 0 heterocycles. The van der Waals surface area contributed by atoms with Crippen LogP contribution in [0.5, 0.6) is 0 Å². The number of hydrogen-bond acceptors (Lipinski definition) is 5. The second-order valence-electron chi connectivity index (χ2n) is 3.74. The lowest BCUT2D eigenvalue weighted by atomic mass is 10.8. The minimum Gasteiger partial charge on any atom is -0.471 e. The summed E-state index contributed by atoms with van der Waals surface area (Å²) in [5.41, 5.74) is 0. The zero-order valence-electron chi connectivity index (χ0n) is 12.0. The summed E-state index contributed by atoms with van der Waals surface area (Å²) in [6, 6.07) is 0.608. The van der Waals surface area contributed by atoms with E-state index in [9.17, 15) is 0 Å². The fourth-order valence-corrected chi connectivity index (χ4v) is 3.83. The summed E-state index contributed by atoms with van der Waals surface area (Å²) < 4.78 is 22.6. The SMILES string of the molecule is CCO[Si](CCOC(=S)N(C)C)(OCC)OCC. The van der Waals surface area contributed by atoms with E-state index in [2.05, 4.69) is 0 Å². The van der Waals surface area contributed by atoms with Crippen molar-refractivity contribution in [2.24, 2.45) is 0 Å². The first-order valence-corrected chi connectivity index (χ1v) is 8.61. The lowest BCUT2D eigenvalue weighted by molar-refractivity contribution is 0.0666. The van der Waals surface area contributed by atoms with Gasteiger partial charge in [0.25, 0.3) is 5.17 Å². The number of rotatable bonds is 9. The van der Waals surface area contributed by atoms with Crippen LogP contribution in [-0.2, 0) is 18.0 Å². The van der Waals surface area contributed by atoms with Crippen LogP contribution in [0.4, 0.5) is 0 Å². The van der Waals surface area contributed by atoms with Gasteiger partial charge in [0, 0.05) is 33.9 Å². The van der Waals surface area contributed by atoms with E-state index in [4.69, 9.17) is 30.2 Å². The van der Waals surface area contributed by atoms with Crippen molar-refractivity contribution in [3.63, 3.8) is 0 Å². The Morgan fingerprint density at radius 2 is 1.44 bits per heavy atom. The molecule has 0 aliphatic rings. The van der Waals surface area contributed by atoms with Crippen molar-refractivity contribution in [2.75, 3.05) is 40.5 Å². The number of thiocarbonyl (C=S) groups is 1. The molecule has 0 bridgehead atoms. The smallest absolute Gasteiger partial charge is 0.471 e.